The van der Waals surface area contributed by atoms with Gasteiger partial charge in [-0.2, -0.15) is 13.2 Å². The third-order valence-corrected chi connectivity index (χ3v) is 5.54. The monoisotopic (exact) mass is 359 g/mol. The second-order valence-electron chi connectivity index (χ2n) is 7.43. The molecule has 0 aromatic rings. The molecule has 0 aromatic heterocycles. The van der Waals surface area contributed by atoms with E-state index in [0.717, 1.165) is 12.5 Å². The van der Waals surface area contributed by atoms with E-state index in [-0.39, 0.29) is 18.9 Å². The van der Waals surface area contributed by atoms with Crippen LogP contribution < -0.4 is 11.1 Å². The molecule has 25 heavy (non-hydrogen) atoms. The van der Waals surface area contributed by atoms with Crippen molar-refractivity contribution in [3.05, 3.63) is 23.9 Å². The Labute approximate surface area is 149 Å². The minimum Gasteiger partial charge on any atom is -0.391 e. The van der Waals surface area contributed by atoms with Crippen molar-refractivity contribution >= 4 is 0 Å². The summed E-state index contributed by atoms with van der Waals surface area (Å²) >= 11 is 0. The topological polar surface area (TPSA) is 41.3 Å². The Morgan fingerprint density at radius 3 is 2.48 bits per heavy atom. The highest BCUT2D eigenvalue weighted by molar-refractivity contribution is 5.24. The van der Waals surface area contributed by atoms with Crippen LogP contribution in [0.3, 0.4) is 0 Å². The van der Waals surface area contributed by atoms with Crippen LogP contribution in [0.15, 0.2) is 23.9 Å². The first kappa shape index (κ1) is 20.3. The van der Waals surface area contributed by atoms with Crippen LogP contribution in [0, 0.1) is 23.7 Å². The molecule has 0 bridgehead atoms. The lowest BCUT2D eigenvalue weighted by atomic mass is 9.96. The number of hydrogen-bond donors (Lipinski definition) is 2. The summed E-state index contributed by atoms with van der Waals surface area (Å²) < 4.78 is 39.0. The molecule has 2 aliphatic rings. The SMILES string of the molecule is C/C=C(\C=C\NCC1CN(CC(CC)C(F)(F)F)CC1CN)C1CC1. The Hall–Kier alpha value is -1.01. The van der Waals surface area contributed by atoms with Crippen molar-refractivity contribution in [2.45, 2.75) is 39.3 Å². The van der Waals surface area contributed by atoms with Gasteiger partial charge in [0.25, 0.3) is 0 Å². The van der Waals surface area contributed by atoms with Crippen molar-refractivity contribution < 1.29 is 13.2 Å². The van der Waals surface area contributed by atoms with Crippen molar-refractivity contribution in [1.82, 2.24) is 10.2 Å². The van der Waals surface area contributed by atoms with Crippen LogP contribution in [0.1, 0.15) is 33.1 Å². The lowest BCUT2D eigenvalue weighted by Gasteiger charge is -2.24. The Kier molecular flexibility index (Phi) is 7.37. The molecule has 1 heterocycles. The Bertz CT molecular complexity index is 469. The first-order valence-corrected chi connectivity index (χ1v) is 9.44. The fourth-order valence-corrected chi connectivity index (χ4v) is 3.72. The van der Waals surface area contributed by atoms with Crippen LogP contribution in [0.4, 0.5) is 13.2 Å². The van der Waals surface area contributed by atoms with E-state index in [0.29, 0.717) is 25.6 Å². The second kappa shape index (κ2) is 9.08. The van der Waals surface area contributed by atoms with Gasteiger partial charge in [-0.05, 0) is 68.3 Å². The average molecular weight is 359 g/mol. The van der Waals surface area contributed by atoms with Gasteiger partial charge in [0.2, 0.25) is 0 Å². The summed E-state index contributed by atoms with van der Waals surface area (Å²) in [5, 5.41) is 3.33. The standard InChI is InChI=1S/C19H32F3N3/c1-3-14(15-5-6-15)7-8-24-10-17-12-25(11-16(17)9-23)13-18(4-2)19(20,21)22/h3,7-8,15-18,24H,4-6,9-13,23H2,1-2H3/b8-7+,14-3+. The molecule has 1 aliphatic carbocycles. The molecule has 0 radical (unpaired) electrons. The lowest BCUT2D eigenvalue weighted by molar-refractivity contribution is -0.179. The molecule has 3 unspecified atom stereocenters. The maximum atomic E-state index is 13.0. The van der Waals surface area contributed by atoms with Gasteiger partial charge in [-0.3, -0.25) is 0 Å². The van der Waals surface area contributed by atoms with Gasteiger partial charge in [-0.1, -0.05) is 13.0 Å². The van der Waals surface area contributed by atoms with Gasteiger partial charge in [0, 0.05) is 26.2 Å². The summed E-state index contributed by atoms with van der Waals surface area (Å²) in [4.78, 5) is 1.94. The van der Waals surface area contributed by atoms with Crippen molar-refractivity contribution in [1.29, 1.82) is 0 Å². The quantitative estimate of drug-likeness (QED) is 0.619. The maximum absolute atomic E-state index is 13.0. The van der Waals surface area contributed by atoms with E-state index in [2.05, 4.69) is 24.4 Å². The third-order valence-electron chi connectivity index (χ3n) is 5.54. The number of nitrogens with zero attached hydrogens (tertiary/aromatic N) is 1. The van der Waals surface area contributed by atoms with Crippen LogP contribution in [0.2, 0.25) is 0 Å². The highest BCUT2D eigenvalue weighted by Gasteiger charge is 2.41. The van der Waals surface area contributed by atoms with Crippen LogP contribution in [0.5, 0.6) is 0 Å². The number of hydrogen-bond acceptors (Lipinski definition) is 3. The highest BCUT2D eigenvalue weighted by Crippen LogP contribution is 2.37. The van der Waals surface area contributed by atoms with Crippen molar-refractivity contribution in [2.75, 3.05) is 32.7 Å². The Balaban J connectivity index is 1.81. The minimum absolute atomic E-state index is 0.0905. The number of nitrogens with one attached hydrogen (secondary N) is 1. The van der Waals surface area contributed by atoms with Crippen LogP contribution in [0.25, 0.3) is 0 Å². The van der Waals surface area contributed by atoms with Gasteiger partial charge in [0.05, 0.1) is 5.92 Å². The highest BCUT2D eigenvalue weighted by atomic mass is 19.4. The summed E-state index contributed by atoms with van der Waals surface area (Å²) in [6.07, 6.45) is 4.82. The summed E-state index contributed by atoms with van der Waals surface area (Å²) in [5.74, 6) is 0.0371. The molecule has 1 aliphatic heterocycles. The van der Waals surface area contributed by atoms with Crippen LogP contribution >= 0.6 is 0 Å². The van der Waals surface area contributed by atoms with Crippen LogP contribution in [-0.4, -0.2) is 43.8 Å². The molecule has 3 N–H and O–H groups in total. The second-order valence-corrected chi connectivity index (χ2v) is 7.43. The number of allylic oxidation sites excluding steroid dienone is 3. The first-order chi connectivity index (χ1) is 11.9. The number of likely N-dealkylation sites (tertiary alicyclic amines) is 1. The summed E-state index contributed by atoms with van der Waals surface area (Å²) in [7, 11) is 0. The fourth-order valence-electron chi connectivity index (χ4n) is 3.72. The molecule has 3 nitrogen and oxygen atoms in total. The van der Waals surface area contributed by atoms with E-state index in [4.69, 9.17) is 5.73 Å². The summed E-state index contributed by atoms with van der Waals surface area (Å²) in [6.45, 7) is 6.40. The average Bonchev–Trinajstić information content (AvgIpc) is 3.32. The van der Waals surface area contributed by atoms with Gasteiger partial charge in [-0.15, -0.1) is 0 Å². The molecule has 1 saturated heterocycles. The molecule has 0 amide bonds. The fraction of sp³-hybridized carbons (Fsp3) is 0.789. The normalized spacial score (nSPS) is 27.2. The van der Waals surface area contributed by atoms with Gasteiger partial charge >= 0.3 is 6.18 Å². The molecule has 3 atom stereocenters. The van der Waals surface area contributed by atoms with E-state index in [1.54, 1.807) is 6.92 Å². The number of alkyl halides is 3. The number of nitrogens with two attached hydrogens (primary N) is 1. The van der Waals surface area contributed by atoms with E-state index in [1.165, 1.54) is 18.4 Å². The molecule has 144 valence electrons. The van der Waals surface area contributed by atoms with Crippen molar-refractivity contribution in [3.63, 3.8) is 0 Å². The molecule has 2 fully saturated rings. The van der Waals surface area contributed by atoms with Gasteiger partial charge in [0.1, 0.15) is 0 Å². The Morgan fingerprint density at radius 2 is 1.96 bits per heavy atom. The van der Waals surface area contributed by atoms with Gasteiger partial charge < -0.3 is 16.0 Å². The van der Waals surface area contributed by atoms with E-state index in [1.807, 2.05) is 11.1 Å². The van der Waals surface area contributed by atoms with Crippen molar-refractivity contribution in [3.8, 4) is 0 Å². The zero-order chi connectivity index (χ0) is 18.4. The van der Waals surface area contributed by atoms with E-state index < -0.39 is 12.1 Å². The zero-order valence-corrected chi connectivity index (χ0v) is 15.4. The maximum Gasteiger partial charge on any atom is 0.393 e. The molecule has 1 saturated carbocycles. The molecule has 2 rings (SSSR count). The molecule has 6 heteroatoms. The predicted octanol–water partition coefficient (Wildman–Crippen LogP) is 3.54. The molecule has 0 spiro atoms. The molecular weight excluding hydrogens is 327 g/mol. The van der Waals surface area contributed by atoms with Gasteiger partial charge in [-0.25, -0.2) is 0 Å². The molecule has 0 aromatic carbocycles. The number of rotatable bonds is 9. The minimum atomic E-state index is -4.11. The Morgan fingerprint density at radius 1 is 1.28 bits per heavy atom. The largest absolute Gasteiger partial charge is 0.393 e. The summed E-state index contributed by atoms with van der Waals surface area (Å²) in [6, 6.07) is 0. The van der Waals surface area contributed by atoms with E-state index in [9.17, 15) is 13.2 Å². The predicted molar refractivity (Wildman–Crippen MR) is 95.9 cm³/mol. The van der Waals surface area contributed by atoms with Crippen LogP contribution in [-0.2, 0) is 0 Å². The smallest absolute Gasteiger partial charge is 0.391 e. The number of halogens is 3. The van der Waals surface area contributed by atoms with Gasteiger partial charge in [0.15, 0.2) is 0 Å². The zero-order valence-electron chi connectivity index (χ0n) is 15.4. The van der Waals surface area contributed by atoms with E-state index >= 15 is 0 Å². The summed E-state index contributed by atoms with van der Waals surface area (Å²) in [5.41, 5.74) is 7.22. The molecular formula is C19H32F3N3. The van der Waals surface area contributed by atoms with Crippen molar-refractivity contribution in [2.24, 2.45) is 29.4 Å². The lowest BCUT2D eigenvalue weighted by Crippen LogP contribution is -2.36. The first-order valence-electron chi connectivity index (χ1n) is 9.44. The third kappa shape index (κ3) is 6.03.